The Morgan fingerprint density at radius 3 is 2.00 bits per heavy atom. The molecule has 0 aromatic heterocycles. The molecule has 2 aliphatic heterocycles. The molecule has 0 aromatic carbocycles. The monoisotopic (exact) mass is 255 g/mol. The van der Waals surface area contributed by atoms with Crippen molar-refractivity contribution in [1.82, 2.24) is 15.1 Å². The molecular weight excluding hydrogens is 230 g/mol. The molecule has 1 N–H and O–H groups in total. The normalized spacial score (nSPS) is 27.1. The van der Waals surface area contributed by atoms with Crippen molar-refractivity contribution in [2.24, 2.45) is 0 Å². The van der Waals surface area contributed by atoms with E-state index in [0.29, 0.717) is 13.1 Å². The van der Waals surface area contributed by atoms with Gasteiger partial charge in [-0.25, -0.2) is 4.79 Å². The van der Waals surface area contributed by atoms with Crippen LogP contribution in [0.5, 0.6) is 0 Å². The molecule has 0 spiro atoms. The number of hydrogen-bond donors (Lipinski definition) is 1. The standard InChI is InChI=1S/C13H25N3O2/c1-12(2)9-16(10-13(3,4)18-12)11(17)15-7-5-14-6-8-15/h14H,5-10H2,1-4H3. The Hall–Kier alpha value is -0.810. The quantitative estimate of drug-likeness (QED) is 0.699. The number of rotatable bonds is 0. The molecule has 2 aliphatic rings. The fourth-order valence-corrected chi connectivity index (χ4v) is 2.98. The van der Waals surface area contributed by atoms with Gasteiger partial charge in [-0.2, -0.15) is 0 Å². The van der Waals surface area contributed by atoms with Gasteiger partial charge in [0.25, 0.3) is 0 Å². The predicted molar refractivity (Wildman–Crippen MR) is 70.7 cm³/mol. The lowest BCUT2D eigenvalue weighted by Crippen LogP contribution is -2.62. The van der Waals surface area contributed by atoms with Crippen LogP contribution in [0.4, 0.5) is 4.79 Å². The van der Waals surface area contributed by atoms with Gasteiger partial charge in [0, 0.05) is 26.2 Å². The Morgan fingerprint density at radius 1 is 1.00 bits per heavy atom. The number of nitrogens with one attached hydrogen (secondary N) is 1. The molecule has 2 fully saturated rings. The van der Waals surface area contributed by atoms with Gasteiger partial charge in [-0.15, -0.1) is 0 Å². The molecule has 18 heavy (non-hydrogen) atoms. The van der Waals surface area contributed by atoms with Crippen LogP contribution in [0.1, 0.15) is 27.7 Å². The van der Waals surface area contributed by atoms with Crippen molar-refractivity contribution < 1.29 is 9.53 Å². The van der Waals surface area contributed by atoms with Crippen LogP contribution in [-0.2, 0) is 4.74 Å². The van der Waals surface area contributed by atoms with Crippen molar-refractivity contribution in [2.75, 3.05) is 39.3 Å². The Kier molecular flexibility index (Phi) is 3.56. The van der Waals surface area contributed by atoms with E-state index >= 15 is 0 Å². The van der Waals surface area contributed by atoms with E-state index < -0.39 is 0 Å². The van der Waals surface area contributed by atoms with E-state index in [9.17, 15) is 4.79 Å². The molecule has 5 heteroatoms. The summed E-state index contributed by atoms with van der Waals surface area (Å²) in [5, 5.41) is 3.27. The van der Waals surface area contributed by atoms with Crippen LogP contribution in [0, 0.1) is 0 Å². The van der Waals surface area contributed by atoms with Gasteiger partial charge in [0.1, 0.15) is 0 Å². The Balaban J connectivity index is 2.05. The van der Waals surface area contributed by atoms with Gasteiger partial charge < -0.3 is 19.9 Å². The third-order valence-corrected chi connectivity index (χ3v) is 3.35. The van der Waals surface area contributed by atoms with Crippen molar-refractivity contribution in [3.63, 3.8) is 0 Å². The van der Waals surface area contributed by atoms with E-state index in [0.717, 1.165) is 26.2 Å². The molecule has 5 nitrogen and oxygen atoms in total. The summed E-state index contributed by atoms with van der Waals surface area (Å²) in [6.07, 6.45) is 0. The summed E-state index contributed by atoms with van der Waals surface area (Å²) in [7, 11) is 0. The van der Waals surface area contributed by atoms with Crippen LogP contribution in [0.15, 0.2) is 0 Å². The molecule has 0 unspecified atom stereocenters. The third-order valence-electron chi connectivity index (χ3n) is 3.35. The molecule has 2 amide bonds. The zero-order valence-electron chi connectivity index (χ0n) is 12.0. The minimum Gasteiger partial charge on any atom is -0.366 e. The first kappa shape index (κ1) is 13.6. The van der Waals surface area contributed by atoms with Crippen molar-refractivity contribution in [3.05, 3.63) is 0 Å². The average molecular weight is 255 g/mol. The molecule has 2 heterocycles. The average Bonchev–Trinajstić information content (AvgIpc) is 2.25. The molecule has 2 saturated heterocycles. The second-order valence-corrected chi connectivity index (χ2v) is 6.50. The lowest BCUT2D eigenvalue weighted by molar-refractivity contribution is -0.171. The molecule has 0 saturated carbocycles. The fraction of sp³-hybridized carbons (Fsp3) is 0.923. The van der Waals surface area contributed by atoms with Crippen LogP contribution in [0.3, 0.4) is 0 Å². The number of amides is 2. The highest BCUT2D eigenvalue weighted by Gasteiger charge is 2.41. The topological polar surface area (TPSA) is 44.8 Å². The maximum atomic E-state index is 12.5. The first-order chi connectivity index (χ1) is 8.29. The summed E-state index contributed by atoms with van der Waals surface area (Å²) in [5.41, 5.74) is -0.545. The number of morpholine rings is 1. The van der Waals surface area contributed by atoms with Gasteiger partial charge >= 0.3 is 6.03 Å². The highest BCUT2D eigenvalue weighted by Crippen LogP contribution is 2.28. The molecule has 0 aromatic rings. The number of piperazine rings is 1. The van der Waals surface area contributed by atoms with Crippen molar-refractivity contribution >= 4 is 6.03 Å². The molecule has 0 radical (unpaired) electrons. The van der Waals surface area contributed by atoms with Gasteiger partial charge in [0.05, 0.1) is 24.3 Å². The first-order valence-electron chi connectivity index (χ1n) is 6.74. The lowest BCUT2D eigenvalue weighted by Gasteiger charge is -2.48. The molecule has 2 rings (SSSR count). The van der Waals surface area contributed by atoms with E-state index in [2.05, 4.69) is 5.32 Å². The van der Waals surface area contributed by atoms with Gasteiger partial charge in [-0.1, -0.05) is 0 Å². The summed E-state index contributed by atoms with van der Waals surface area (Å²) in [4.78, 5) is 16.4. The smallest absolute Gasteiger partial charge is 0.320 e. The van der Waals surface area contributed by atoms with Crippen molar-refractivity contribution in [1.29, 1.82) is 0 Å². The van der Waals surface area contributed by atoms with E-state index in [1.807, 2.05) is 37.5 Å². The largest absolute Gasteiger partial charge is 0.366 e. The zero-order valence-corrected chi connectivity index (χ0v) is 12.0. The van der Waals surface area contributed by atoms with Crippen LogP contribution in [-0.4, -0.2) is 66.3 Å². The van der Waals surface area contributed by atoms with Gasteiger partial charge in [0.15, 0.2) is 0 Å². The second-order valence-electron chi connectivity index (χ2n) is 6.50. The molecule has 0 atom stereocenters. The SMILES string of the molecule is CC1(C)CN(C(=O)N2CCNCC2)CC(C)(C)O1. The van der Waals surface area contributed by atoms with E-state index in [4.69, 9.17) is 4.74 Å². The number of carbonyl (C=O) groups excluding carboxylic acids is 1. The lowest BCUT2D eigenvalue weighted by atomic mass is 9.99. The van der Waals surface area contributed by atoms with Crippen molar-refractivity contribution in [3.8, 4) is 0 Å². The van der Waals surface area contributed by atoms with Gasteiger partial charge in [-0.3, -0.25) is 0 Å². The number of hydrogen-bond acceptors (Lipinski definition) is 3. The van der Waals surface area contributed by atoms with Crippen molar-refractivity contribution in [2.45, 2.75) is 38.9 Å². The van der Waals surface area contributed by atoms with Gasteiger partial charge in [0.2, 0.25) is 0 Å². The number of urea groups is 1. The summed E-state index contributed by atoms with van der Waals surface area (Å²) >= 11 is 0. The number of nitrogens with zero attached hydrogens (tertiary/aromatic N) is 2. The summed E-state index contributed by atoms with van der Waals surface area (Å²) in [6, 6.07) is 0.154. The number of ether oxygens (including phenoxy) is 1. The number of carbonyl (C=O) groups is 1. The van der Waals surface area contributed by atoms with Crippen LogP contribution in [0.25, 0.3) is 0 Å². The maximum Gasteiger partial charge on any atom is 0.320 e. The molecular formula is C13H25N3O2. The maximum absolute atomic E-state index is 12.5. The Morgan fingerprint density at radius 2 is 1.50 bits per heavy atom. The molecule has 104 valence electrons. The highest BCUT2D eigenvalue weighted by molar-refractivity contribution is 5.75. The minimum absolute atomic E-state index is 0.154. The summed E-state index contributed by atoms with van der Waals surface area (Å²) in [5.74, 6) is 0. The predicted octanol–water partition coefficient (Wildman–Crippen LogP) is 0.901. The first-order valence-corrected chi connectivity index (χ1v) is 6.74. The summed E-state index contributed by atoms with van der Waals surface area (Å²) < 4.78 is 6.00. The Bertz CT molecular complexity index is 306. The van der Waals surface area contributed by atoms with E-state index in [1.165, 1.54) is 0 Å². The van der Waals surface area contributed by atoms with Crippen LogP contribution in [0.2, 0.25) is 0 Å². The van der Waals surface area contributed by atoms with Gasteiger partial charge in [-0.05, 0) is 27.7 Å². The highest BCUT2D eigenvalue weighted by atomic mass is 16.5. The fourth-order valence-electron chi connectivity index (χ4n) is 2.98. The second kappa shape index (κ2) is 4.70. The molecule has 0 aliphatic carbocycles. The Labute approximate surface area is 109 Å². The van der Waals surface area contributed by atoms with E-state index in [-0.39, 0.29) is 17.2 Å². The van der Waals surface area contributed by atoms with Crippen LogP contribution >= 0.6 is 0 Å². The summed E-state index contributed by atoms with van der Waals surface area (Å²) in [6.45, 7) is 12.9. The minimum atomic E-state index is -0.272. The molecule has 0 bridgehead atoms. The van der Waals surface area contributed by atoms with E-state index in [1.54, 1.807) is 0 Å². The third kappa shape index (κ3) is 3.14. The zero-order chi connectivity index (χ0) is 13.4. The van der Waals surface area contributed by atoms with Crippen LogP contribution < -0.4 is 5.32 Å².